The number of hydrogen-bond donors (Lipinski definition) is 0. The smallest absolute Gasteiger partial charge is 0.170 e. The van der Waals surface area contributed by atoms with Crippen LogP contribution in [0.25, 0.3) is 0 Å². The number of halogens is 1. The highest BCUT2D eigenvalue weighted by atomic mass is 35.5. The lowest BCUT2D eigenvalue weighted by atomic mass is 10.2. The van der Waals surface area contributed by atoms with Gasteiger partial charge in [0, 0.05) is 10.6 Å². The van der Waals surface area contributed by atoms with Crippen LogP contribution in [-0.2, 0) is 9.73 Å². The summed E-state index contributed by atoms with van der Waals surface area (Å²) in [4.78, 5) is 5.90. The molecule has 0 saturated heterocycles. The minimum absolute atomic E-state index is 0.435. The van der Waals surface area contributed by atoms with Crippen LogP contribution in [0.2, 0.25) is 5.02 Å². The molecule has 3 aromatic rings. The summed E-state index contributed by atoms with van der Waals surface area (Å²) in [5.74, 6) is 0.435. The molecule has 0 aliphatic carbocycles. The van der Waals surface area contributed by atoms with E-state index in [9.17, 15) is 4.21 Å². The molecule has 1 atom stereocenters. The van der Waals surface area contributed by atoms with Crippen molar-refractivity contribution >= 4 is 32.9 Å². The molecule has 4 rings (SSSR count). The number of hydrogen-bond acceptors (Lipinski definition) is 3. The third kappa shape index (κ3) is 2.54. The van der Waals surface area contributed by atoms with E-state index in [-0.39, 0.29) is 0 Å². The van der Waals surface area contributed by atoms with E-state index in [2.05, 4.69) is 9.36 Å². The molecule has 1 heterocycles. The molecule has 0 spiro atoms. The Morgan fingerprint density at radius 2 is 1.58 bits per heavy atom. The number of para-hydroxylation sites is 1. The van der Waals surface area contributed by atoms with Gasteiger partial charge < -0.3 is 0 Å². The summed E-state index contributed by atoms with van der Waals surface area (Å²) in [6.07, 6.45) is 0. The minimum Gasteiger partial charge on any atom is -0.239 e. The van der Waals surface area contributed by atoms with Gasteiger partial charge in [-0.15, -0.1) is 0 Å². The third-order valence-corrected chi connectivity index (χ3v) is 6.27. The normalized spacial score (nSPS) is 19.1. The summed E-state index contributed by atoms with van der Waals surface area (Å²) in [6, 6.07) is 24.0. The SMILES string of the molecule is O=S1(c2ccccc2)=NC(c2cccc(Cl)c2)=Nc2ccccc21. The number of benzene rings is 3. The molecule has 3 aromatic carbocycles. The van der Waals surface area contributed by atoms with Crippen molar-refractivity contribution in [3.63, 3.8) is 0 Å². The highest BCUT2D eigenvalue weighted by molar-refractivity contribution is 7.94. The first-order chi connectivity index (χ1) is 11.7. The monoisotopic (exact) mass is 352 g/mol. The van der Waals surface area contributed by atoms with Crippen molar-refractivity contribution in [3.05, 3.63) is 89.4 Å². The fraction of sp³-hybridized carbons (Fsp3) is 0. The molecule has 0 saturated carbocycles. The number of aliphatic imine (C=N–C) groups is 1. The molecule has 0 fully saturated rings. The molecular weight excluding hydrogens is 340 g/mol. The van der Waals surface area contributed by atoms with Gasteiger partial charge in [-0.05, 0) is 36.4 Å². The van der Waals surface area contributed by atoms with E-state index < -0.39 is 9.73 Å². The van der Waals surface area contributed by atoms with Gasteiger partial charge in [-0.3, -0.25) is 0 Å². The van der Waals surface area contributed by atoms with Crippen LogP contribution in [-0.4, -0.2) is 10.0 Å². The molecule has 1 unspecified atom stereocenters. The largest absolute Gasteiger partial charge is 0.239 e. The van der Waals surface area contributed by atoms with Crippen molar-refractivity contribution in [3.8, 4) is 0 Å². The second-order valence-electron chi connectivity index (χ2n) is 5.34. The van der Waals surface area contributed by atoms with E-state index >= 15 is 0 Å². The first-order valence-corrected chi connectivity index (χ1v) is 9.32. The van der Waals surface area contributed by atoms with E-state index in [4.69, 9.17) is 11.6 Å². The van der Waals surface area contributed by atoms with Crippen molar-refractivity contribution in [2.75, 3.05) is 0 Å². The molecule has 1 aliphatic heterocycles. The standard InChI is InChI=1S/C19H13ClN2OS/c20-15-8-6-7-14(13-15)19-21-17-11-4-5-12-18(17)24(23,22-19)16-9-2-1-3-10-16/h1-13H. The fourth-order valence-corrected chi connectivity index (χ4v) is 4.84. The molecule has 5 heteroatoms. The lowest BCUT2D eigenvalue weighted by Crippen LogP contribution is -2.11. The highest BCUT2D eigenvalue weighted by Crippen LogP contribution is 2.35. The number of fused-ring (bicyclic) bond motifs is 1. The van der Waals surface area contributed by atoms with Crippen molar-refractivity contribution in [1.82, 2.24) is 0 Å². The number of rotatable bonds is 2. The first kappa shape index (κ1) is 15.1. The van der Waals surface area contributed by atoms with Crippen LogP contribution in [0.5, 0.6) is 0 Å². The van der Waals surface area contributed by atoms with Crippen LogP contribution >= 0.6 is 11.6 Å². The zero-order chi connectivity index (χ0) is 16.6. The average molecular weight is 353 g/mol. The van der Waals surface area contributed by atoms with Crippen molar-refractivity contribution < 1.29 is 4.21 Å². The summed E-state index contributed by atoms with van der Waals surface area (Å²) in [7, 11) is -2.79. The Morgan fingerprint density at radius 3 is 2.38 bits per heavy atom. The quantitative estimate of drug-likeness (QED) is 0.615. The average Bonchev–Trinajstić information content (AvgIpc) is 2.62. The first-order valence-electron chi connectivity index (χ1n) is 7.43. The van der Waals surface area contributed by atoms with Gasteiger partial charge in [-0.1, -0.05) is 54.1 Å². The molecule has 0 bridgehead atoms. The van der Waals surface area contributed by atoms with Crippen LogP contribution in [0.3, 0.4) is 0 Å². The van der Waals surface area contributed by atoms with Crippen molar-refractivity contribution in [2.24, 2.45) is 9.36 Å². The van der Waals surface area contributed by atoms with Crippen LogP contribution in [0.4, 0.5) is 5.69 Å². The van der Waals surface area contributed by atoms with Gasteiger partial charge in [0.15, 0.2) is 5.84 Å². The maximum atomic E-state index is 13.8. The molecule has 0 N–H and O–H groups in total. The summed E-state index contributed by atoms with van der Waals surface area (Å²) in [6.45, 7) is 0. The van der Waals surface area contributed by atoms with E-state index in [1.807, 2.05) is 66.7 Å². The van der Waals surface area contributed by atoms with E-state index in [0.717, 1.165) is 5.56 Å². The van der Waals surface area contributed by atoms with Gasteiger partial charge >= 0.3 is 0 Å². The Morgan fingerprint density at radius 1 is 0.833 bits per heavy atom. The predicted molar refractivity (Wildman–Crippen MR) is 97.6 cm³/mol. The summed E-state index contributed by atoms with van der Waals surface area (Å²) >= 11 is 6.08. The molecule has 1 aliphatic rings. The van der Waals surface area contributed by atoms with Gasteiger partial charge in [-0.25, -0.2) is 9.20 Å². The van der Waals surface area contributed by atoms with E-state index in [0.29, 0.717) is 26.3 Å². The second kappa shape index (κ2) is 5.89. The molecule has 0 aromatic heterocycles. The van der Waals surface area contributed by atoms with Gasteiger partial charge in [0.25, 0.3) is 0 Å². The van der Waals surface area contributed by atoms with Crippen LogP contribution in [0, 0.1) is 0 Å². The van der Waals surface area contributed by atoms with Gasteiger partial charge in [0.2, 0.25) is 0 Å². The minimum atomic E-state index is -2.79. The summed E-state index contributed by atoms with van der Waals surface area (Å²) in [5.41, 5.74) is 1.43. The second-order valence-corrected chi connectivity index (χ2v) is 7.93. The Hall–Kier alpha value is -2.43. The predicted octanol–water partition coefficient (Wildman–Crippen LogP) is 5.32. The highest BCUT2D eigenvalue weighted by Gasteiger charge is 2.24. The lowest BCUT2D eigenvalue weighted by molar-refractivity contribution is 0.676. The zero-order valence-corrected chi connectivity index (χ0v) is 14.2. The topological polar surface area (TPSA) is 41.8 Å². The van der Waals surface area contributed by atoms with Crippen LogP contribution in [0.1, 0.15) is 5.56 Å². The Kier molecular flexibility index (Phi) is 3.71. The van der Waals surface area contributed by atoms with E-state index in [1.165, 1.54) is 0 Å². The maximum Gasteiger partial charge on any atom is 0.170 e. The zero-order valence-electron chi connectivity index (χ0n) is 12.6. The molecule has 118 valence electrons. The lowest BCUT2D eigenvalue weighted by Gasteiger charge is -2.18. The van der Waals surface area contributed by atoms with Gasteiger partial charge in [0.1, 0.15) is 9.73 Å². The Labute approximate surface area is 145 Å². The van der Waals surface area contributed by atoms with Crippen molar-refractivity contribution in [2.45, 2.75) is 9.79 Å². The summed E-state index contributed by atoms with van der Waals surface area (Å²) in [5, 5.41) is 0.593. The fourth-order valence-electron chi connectivity index (χ4n) is 2.62. The molecule has 24 heavy (non-hydrogen) atoms. The Bertz CT molecular complexity index is 1070. The summed E-state index contributed by atoms with van der Waals surface area (Å²) < 4.78 is 18.4. The number of amidine groups is 1. The molecular formula is C19H13ClN2OS. The molecule has 0 amide bonds. The molecule has 0 radical (unpaired) electrons. The Balaban J connectivity index is 2.02. The molecule has 3 nitrogen and oxygen atoms in total. The van der Waals surface area contributed by atoms with E-state index in [1.54, 1.807) is 12.1 Å². The number of nitrogens with zero attached hydrogens (tertiary/aromatic N) is 2. The third-order valence-electron chi connectivity index (χ3n) is 3.75. The van der Waals surface area contributed by atoms with Gasteiger partial charge in [0.05, 0.1) is 15.5 Å². The maximum absolute atomic E-state index is 13.8. The van der Waals surface area contributed by atoms with Gasteiger partial charge in [-0.2, -0.15) is 4.36 Å². The van der Waals surface area contributed by atoms with Crippen LogP contribution in [0.15, 0.2) is 98.0 Å². The van der Waals surface area contributed by atoms with Crippen molar-refractivity contribution in [1.29, 1.82) is 0 Å². The van der Waals surface area contributed by atoms with Crippen LogP contribution < -0.4 is 0 Å².